The maximum atomic E-state index is 12.4. The molecule has 0 aliphatic heterocycles. The molecule has 0 radical (unpaired) electrons. The SMILES string of the molecule is C=C1CC2=C(CC3=C(C2)CC2=C(CC(=C)C(S(=O)(=O)CCl)C2)C3)CC1S(=O)(=O)CCl. The number of rotatable bonds is 4. The fourth-order valence-electron chi connectivity index (χ4n) is 5.39. The van der Waals surface area contributed by atoms with Crippen LogP contribution in [0.3, 0.4) is 0 Å². The number of hydrogen-bond donors (Lipinski definition) is 0. The fraction of sp³-hybridized carbons (Fsp3) is 0.545. The first-order chi connectivity index (χ1) is 14.1. The molecule has 4 aliphatic carbocycles. The monoisotopic (exact) mass is 488 g/mol. The van der Waals surface area contributed by atoms with Gasteiger partial charge in [-0.05, 0) is 51.4 Å². The molecular formula is C22H26Cl2O4S2. The second-order valence-corrected chi connectivity index (χ2v) is 14.5. The highest BCUT2D eigenvalue weighted by atomic mass is 35.5. The Kier molecular flexibility index (Phi) is 5.93. The van der Waals surface area contributed by atoms with Gasteiger partial charge in [0.2, 0.25) is 0 Å². The molecule has 0 saturated carbocycles. The smallest absolute Gasteiger partial charge is 0.171 e. The van der Waals surface area contributed by atoms with Gasteiger partial charge in [0.05, 0.1) is 10.5 Å². The van der Waals surface area contributed by atoms with Crippen LogP contribution < -0.4 is 0 Å². The molecule has 4 aliphatic rings. The first-order valence-corrected chi connectivity index (χ1v) is 14.6. The summed E-state index contributed by atoms with van der Waals surface area (Å²) in [5.74, 6) is 0. The molecule has 0 spiro atoms. The van der Waals surface area contributed by atoms with Crippen LogP contribution in [0.4, 0.5) is 0 Å². The van der Waals surface area contributed by atoms with Crippen LogP contribution in [0.25, 0.3) is 0 Å². The molecule has 0 heterocycles. The fourth-order valence-corrected chi connectivity index (χ4v) is 8.70. The number of allylic oxidation sites excluding steroid dienone is 6. The second-order valence-electron chi connectivity index (χ2n) is 8.93. The molecule has 0 amide bonds. The predicted octanol–water partition coefficient (Wildman–Crippen LogP) is 5.12. The molecule has 0 bridgehead atoms. The highest BCUT2D eigenvalue weighted by Crippen LogP contribution is 2.50. The van der Waals surface area contributed by atoms with Crippen molar-refractivity contribution in [2.45, 2.75) is 61.9 Å². The lowest BCUT2D eigenvalue weighted by Crippen LogP contribution is -2.31. The Labute approximate surface area is 189 Å². The third-order valence-electron chi connectivity index (χ3n) is 7.03. The van der Waals surface area contributed by atoms with Gasteiger partial charge in [-0.25, -0.2) is 16.8 Å². The molecule has 2 unspecified atom stereocenters. The highest BCUT2D eigenvalue weighted by Gasteiger charge is 2.39. The van der Waals surface area contributed by atoms with Gasteiger partial charge in [-0.15, -0.1) is 23.2 Å². The van der Waals surface area contributed by atoms with Crippen molar-refractivity contribution >= 4 is 42.9 Å². The van der Waals surface area contributed by atoms with Crippen molar-refractivity contribution in [1.82, 2.24) is 0 Å². The van der Waals surface area contributed by atoms with Gasteiger partial charge in [0.25, 0.3) is 0 Å². The Balaban J connectivity index is 1.54. The zero-order valence-electron chi connectivity index (χ0n) is 16.8. The quantitative estimate of drug-likeness (QED) is 0.406. The minimum Gasteiger partial charge on any atom is -0.227 e. The number of sulfone groups is 2. The van der Waals surface area contributed by atoms with E-state index < -0.39 is 30.2 Å². The van der Waals surface area contributed by atoms with Crippen LogP contribution in [0.15, 0.2) is 57.7 Å². The highest BCUT2D eigenvalue weighted by molar-refractivity contribution is 7.93. The molecule has 2 atom stereocenters. The van der Waals surface area contributed by atoms with E-state index in [1.165, 1.54) is 33.4 Å². The van der Waals surface area contributed by atoms with E-state index in [2.05, 4.69) is 13.2 Å². The van der Waals surface area contributed by atoms with E-state index in [-0.39, 0.29) is 10.4 Å². The molecule has 4 rings (SSSR count). The first-order valence-electron chi connectivity index (χ1n) is 10.1. The molecular weight excluding hydrogens is 463 g/mol. The second kappa shape index (κ2) is 7.95. The van der Waals surface area contributed by atoms with Gasteiger partial charge in [0.15, 0.2) is 19.7 Å². The van der Waals surface area contributed by atoms with E-state index in [9.17, 15) is 16.8 Å². The largest absolute Gasteiger partial charge is 0.227 e. The van der Waals surface area contributed by atoms with Gasteiger partial charge in [-0.3, -0.25) is 0 Å². The predicted molar refractivity (Wildman–Crippen MR) is 123 cm³/mol. The minimum absolute atomic E-state index is 0.377. The van der Waals surface area contributed by atoms with Crippen molar-refractivity contribution < 1.29 is 16.8 Å². The summed E-state index contributed by atoms with van der Waals surface area (Å²) in [7, 11) is -6.74. The molecule has 0 aromatic heterocycles. The third kappa shape index (κ3) is 3.89. The van der Waals surface area contributed by atoms with E-state index in [1.807, 2.05) is 0 Å². The van der Waals surface area contributed by atoms with Gasteiger partial charge < -0.3 is 0 Å². The molecule has 0 N–H and O–H groups in total. The summed E-state index contributed by atoms with van der Waals surface area (Å²) in [5.41, 5.74) is 9.22. The van der Waals surface area contributed by atoms with Crippen LogP contribution in [0.5, 0.6) is 0 Å². The Morgan fingerprint density at radius 3 is 1.23 bits per heavy atom. The summed E-state index contributed by atoms with van der Waals surface area (Å²) < 4.78 is 49.5. The van der Waals surface area contributed by atoms with E-state index in [0.717, 1.165) is 36.8 Å². The van der Waals surface area contributed by atoms with Crippen LogP contribution in [-0.4, -0.2) is 37.8 Å². The van der Waals surface area contributed by atoms with Gasteiger partial charge in [0.1, 0.15) is 10.4 Å². The normalized spacial score (nSPS) is 27.8. The van der Waals surface area contributed by atoms with Crippen LogP contribution in [0.2, 0.25) is 0 Å². The van der Waals surface area contributed by atoms with Crippen molar-refractivity contribution in [2.24, 2.45) is 0 Å². The molecule has 0 aromatic rings. The standard InChI is InChI=1S/C22H26Cl2O4S2/c1-13-3-15-5-17-8-20-10-22(30(27,28)12-24)14(2)4-16(20)6-18(17)7-19(15)9-21(13)29(25,26)11-23/h21-22H,1-12H2. The Morgan fingerprint density at radius 1 is 0.600 bits per heavy atom. The topological polar surface area (TPSA) is 68.3 Å². The number of halogens is 2. The third-order valence-corrected chi connectivity index (χ3v) is 12.2. The van der Waals surface area contributed by atoms with Crippen molar-refractivity contribution in [3.63, 3.8) is 0 Å². The van der Waals surface area contributed by atoms with Crippen LogP contribution in [-0.2, 0) is 19.7 Å². The van der Waals surface area contributed by atoms with Gasteiger partial charge in [-0.1, -0.05) is 57.7 Å². The Hall–Kier alpha value is -0.820. The maximum Gasteiger partial charge on any atom is 0.171 e. The minimum atomic E-state index is -3.37. The van der Waals surface area contributed by atoms with Crippen LogP contribution >= 0.6 is 23.2 Å². The average molecular weight is 489 g/mol. The zero-order valence-corrected chi connectivity index (χ0v) is 20.0. The molecule has 0 fully saturated rings. The average Bonchev–Trinajstić information content (AvgIpc) is 2.69. The Morgan fingerprint density at radius 2 is 0.900 bits per heavy atom. The van der Waals surface area contributed by atoms with Crippen LogP contribution in [0.1, 0.15) is 51.4 Å². The molecule has 164 valence electrons. The van der Waals surface area contributed by atoms with E-state index >= 15 is 0 Å². The lowest BCUT2D eigenvalue weighted by molar-refractivity contribution is 0.577. The lowest BCUT2D eigenvalue weighted by atomic mass is 9.70. The van der Waals surface area contributed by atoms with Crippen LogP contribution in [0, 0.1) is 0 Å². The first kappa shape index (κ1) is 22.4. The van der Waals surface area contributed by atoms with Gasteiger partial charge >= 0.3 is 0 Å². The zero-order chi connectivity index (χ0) is 21.8. The summed E-state index contributed by atoms with van der Waals surface area (Å²) in [6, 6.07) is 0. The summed E-state index contributed by atoms with van der Waals surface area (Å²) in [5, 5.41) is -1.91. The lowest BCUT2D eigenvalue weighted by Gasteiger charge is -2.39. The summed E-state index contributed by atoms with van der Waals surface area (Å²) in [4.78, 5) is 0. The van der Waals surface area contributed by atoms with Crippen molar-refractivity contribution in [2.75, 3.05) is 10.4 Å². The number of alkyl halides is 2. The number of hydrogen-bond acceptors (Lipinski definition) is 4. The molecule has 0 aromatic carbocycles. The molecule has 8 heteroatoms. The van der Waals surface area contributed by atoms with Gasteiger partial charge in [-0.2, -0.15) is 0 Å². The van der Waals surface area contributed by atoms with Crippen molar-refractivity contribution in [3.05, 3.63) is 57.7 Å². The van der Waals surface area contributed by atoms with Crippen molar-refractivity contribution in [3.8, 4) is 0 Å². The van der Waals surface area contributed by atoms with E-state index in [0.29, 0.717) is 25.7 Å². The van der Waals surface area contributed by atoms with Gasteiger partial charge in [0, 0.05) is 0 Å². The Bertz CT molecular complexity index is 1050. The summed E-state index contributed by atoms with van der Waals surface area (Å²) in [6.45, 7) is 8.08. The van der Waals surface area contributed by atoms with E-state index in [1.54, 1.807) is 0 Å². The molecule has 30 heavy (non-hydrogen) atoms. The maximum absolute atomic E-state index is 12.4. The molecule has 0 saturated heterocycles. The van der Waals surface area contributed by atoms with Crippen molar-refractivity contribution in [1.29, 1.82) is 0 Å². The van der Waals surface area contributed by atoms with E-state index in [4.69, 9.17) is 23.2 Å². The summed E-state index contributed by atoms with van der Waals surface area (Å²) in [6.07, 6.45) is 5.49. The summed E-state index contributed by atoms with van der Waals surface area (Å²) >= 11 is 11.4. The molecule has 4 nitrogen and oxygen atoms in total.